The van der Waals surface area contributed by atoms with Gasteiger partial charge in [-0.05, 0) is 34.1 Å². The number of aromatic nitrogens is 1. The lowest BCUT2D eigenvalue weighted by molar-refractivity contribution is -0.384. The summed E-state index contributed by atoms with van der Waals surface area (Å²) < 4.78 is 13.1. The molecule has 0 radical (unpaired) electrons. The Kier molecular flexibility index (Phi) is 4.04. The van der Waals surface area contributed by atoms with Gasteiger partial charge in [-0.1, -0.05) is 0 Å². The first-order chi connectivity index (χ1) is 9.47. The lowest BCUT2D eigenvalue weighted by Gasteiger charge is -2.06. The number of halogens is 2. The van der Waals surface area contributed by atoms with E-state index in [0.29, 0.717) is 4.47 Å². The highest BCUT2D eigenvalue weighted by atomic mass is 79.9. The normalized spacial score (nSPS) is 10.1. The number of nitro groups is 1. The highest BCUT2D eigenvalue weighted by Gasteiger charge is 2.16. The van der Waals surface area contributed by atoms with Gasteiger partial charge in [-0.2, -0.15) is 0 Å². The number of hydrogen-bond donors (Lipinski definition) is 1. The molecule has 1 aromatic carbocycles. The molecule has 20 heavy (non-hydrogen) atoms. The standard InChI is InChI=1S/C12H7BrFN3O3/c13-10-3-2-8(17(19)20)5-9(10)12(18)16-11-4-1-7(14)6-15-11/h1-6H,(H,15,16,18). The number of nitro benzene ring substituents is 1. The maximum atomic E-state index is 12.7. The van der Waals surface area contributed by atoms with Gasteiger partial charge in [0.05, 0.1) is 16.7 Å². The maximum absolute atomic E-state index is 12.7. The molecule has 0 fully saturated rings. The molecule has 0 atom stereocenters. The van der Waals surface area contributed by atoms with Gasteiger partial charge in [-0.25, -0.2) is 9.37 Å². The van der Waals surface area contributed by atoms with Gasteiger partial charge < -0.3 is 5.32 Å². The van der Waals surface area contributed by atoms with Crippen molar-refractivity contribution >= 4 is 33.3 Å². The number of carbonyl (C=O) groups excluding carboxylic acids is 1. The molecule has 0 unspecified atom stereocenters. The SMILES string of the molecule is O=C(Nc1ccc(F)cn1)c1cc([N+](=O)[O-])ccc1Br. The van der Waals surface area contributed by atoms with Crippen LogP contribution in [0.5, 0.6) is 0 Å². The molecule has 0 saturated heterocycles. The van der Waals surface area contributed by atoms with Crippen molar-refractivity contribution in [3.05, 3.63) is 62.5 Å². The largest absolute Gasteiger partial charge is 0.307 e. The van der Waals surface area contributed by atoms with E-state index in [0.717, 1.165) is 18.3 Å². The number of nitrogens with one attached hydrogen (secondary N) is 1. The molecular formula is C12H7BrFN3O3. The van der Waals surface area contributed by atoms with E-state index in [4.69, 9.17) is 0 Å². The molecule has 1 amide bonds. The van der Waals surface area contributed by atoms with Gasteiger partial charge in [0.25, 0.3) is 11.6 Å². The molecule has 2 aromatic rings. The average Bonchev–Trinajstić information content (AvgIpc) is 2.41. The molecule has 1 aromatic heterocycles. The third kappa shape index (κ3) is 3.15. The van der Waals surface area contributed by atoms with Gasteiger partial charge >= 0.3 is 0 Å². The van der Waals surface area contributed by atoms with E-state index < -0.39 is 16.6 Å². The highest BCUT2D eigenvalue weighted by molar-refractivity contribution is 9.10. The van der Waals surface area contributed by atoms with Crippen LogP contribution in [0.4, 0.5) is 15.9 Å². The van der Waals surface area contributed by atoms with Crippen LogP contribution in [0.3, 0.4) is 0 Å². The van der Waals surface area contributed by atoms with Crippen LogP contribution in [0.15, 0.2) is 41.0 Å². The molecule has 8 heteroatoms. The first-order valence-corrected chi connectivity index (χ1v) is 6.13. The third-order valence-electron chi connectivity index (χ3n) is 2.37. The summed E-state index contributed by atoms with van der Waals surface area (Å²) in [6, 6.07) is 6.26. The molecule has 102 valence electrons. The maximum Gasteiger partial charge on any atom is 0.270 e. The van der Waals surface area contributed by atoms with E-state index in [9.17, 15) is 19.3 Å². The van der Waals surface area contributed by atoms with E-state index in [-0.39, 0.29) is 17.1 Å². The number of carbonyl (C=O) groups is 1. The van der Waals surface area contributed by atoms with E-state index in [2.05, 4.69) is 26.2 Å². The van der Waals surface area contributed by atoms with Crippen LogP contribution in [0.1, 0.15) is 10.4 Å². The van der Waals surface area contributed by atoms with Crippen molar-refractivity contribution in [2.75, 3.05) is 5.32 Å². The quantitative estimate of drug-likeness (QED) is 0.687. The molecule has 0 aliphatic carbocycles. The highest BCUT2D eigenvalue weighted by Crippen LogP contribution is 2.23. The number of rotatable bonds is 3. The smallest absolute Gasteiger partial charge is 0.270 e. The summed E-state index contributed by atoms with van der Waals surface area (Å²) in [7, 11) is 0. The Morgan fingerprint density at radius 1 is 1.35 bits per heavy atom. The van der Waals surface area contributed by atoms with Crippen molar-refractivity contribution in [3.63, 3.8) is 0 Å². The van der Waals surface area contributed by atoms with Crippen LogP contribution in [-0.4, -0.2) is 15.8 Å². The van der Waals surface area contributed by atoms with Crippen LogP contribution in [0, 0.1) is 15.9 Å². The number of non-ortho nitro benzene ring substituents is 1. The van der Waals surface area contributed by atoms with Crippen LogP contribution >= 0.6 is 15.9 Å². The second-order valence-electron chi connectivity index (χ2n) is 3.74. The van der Waals surface area contributed by atoms with E-state index in [1.807, 2.05) is 0 Å². The number of anilines is 1. The van der Waals surface area contributed by atoms with Crippen LogP contribution in [-0.2, 0) is 0 Å². The Morgan fingerprint density at radius 2 is 2.10 bits per heavy atom. The summed E-state index contributed by atoms with van der Waals surface area (Å²) in [5, 5.41) is 13.1. The molecule has 0 aliphatic heterocycles. The van der Waals surface area contributed by atoms with Crippen molar-refractivity contribution in [2.45, 2.75) is 0 Å². The predicted octanol–water partition coefficient (Wildman–Crippen LogP) is 3.14. The Bertz CT molecular complexity index is 676. The van der Waals surface area contributed by atoms with E-state index in [1.54, 1.807) is 0 Å². The summed E-state index contributed by atoms with van der Waals surface area (Å²) in [4.78, 5) is 25.8. The van der Waals surface area contributed by atoms with E-state index >= 15 is 0 Å². The summed E-state index contributed by atoms with van der Waals surface area (Å²) in [6.45, 7) is 0. The second-order valence-corrected chi connectivity index (χ2v) is 4.59. The minimum atomic E-state index is -0.598. The fourth-order valence-electron chi connectivity index (χ4n) is 1.43. The number of amides is 1. The zero-order chi connectivity index (χ0) is 14.7. The van der Waals surface area contributed by atoms with Crippen molar-refractivity contribution in [1.29, 1.82) is 0 Å². The van der Waals surface area contributed by atoms with Gasteiger partial charge in [-0.15, -0.1) is 0 Å². The fourth-order valence-corrected chi connectivity index (χ4v) is 1.86. The van der Waals surface area contributed by atoms with E-state index in [1.165, 1.54) is 18.2 Å². The number of nitrogens with zero attached hydrogens (tertiary/aromatic N) is 2. The van der Waals surface area contributed by atoms with Crippen molar-refractivity contribution < 1.29 is 14.1 Å². The van der Waals surface area contributed by atoms with Crippen LogP contribution < -0.4 is 5.32 Å². The monoisotopic (exact) mass is 339 g/mol. The van der Waals surface area contributed by atoms with Gasteiger partial charge in [0.15, 0.2) is 0 Å². The van der Waals surface area contributed by atoms with Crippen molar-refractivity contribution in [1.82, 2.24) is 4.98 Å². The average molecular weight is 340 g/mol. The van der Waals surface area contributed by atoms with Crippen LogP contribution in [0.2, 0.25) is 0 Å². The Morgan fingerprint density at radius 3 is 2.70 bits per heavy atom. The molecule has 1 heterocycles. The zero-order valence-corrected chi connectivity index (χ0v) is 11.4. The summed E-state index contributed by atoms with van der Waals surface area (Å²) in [6.07, 6.45) is 0.956. The number of pyridine rings is 1. The zero-order valence-electron chi connectivity index (χ0n) is 9.84. The second kappa shape index (κ2) is 5.74. The van der Waals surface area contributed by atoms with Crippen molar-refractivity contribution in [3.8, 4) is 0 Å². The number of benzene rings is 1. The van der Waals surface area contributed by atoms with Gasteiger partial charge in [0, 0.05) is 16.6 Å². The third-order valence-corrected chi connectivity index (χ3v) is 3.07. The summed E-state index contributed by atoms with van der Waals surface area (Å²) >= 11 is 3.14. The summed E-state index contributed by atoms with van der Waals surface area (Å²) in [5.74, 6) is -0.964. The molecule has 0 aliphatic rings. The van der Waals surface area contributed by atoms with Gasteiger partial charge in [0.2, 0.25) is 0 Å². The Balaban J connectivity index is 2.26. The molecule has 0 saturated carbocycles. The first-order valence-electron chi connectivity index (χ1n) is 5.34. The van der Waals surface area contributed by atoms with Gasteiger partial charge in [0.1, 0.15) is 11.6 Å². The lowest BCUT2D eigenvalue weighted by atomic mass is 10.2. The lowest BCUT2D eigenvalue weighted by Crippen LogP contribution is -2.14. The minimum absolute atomic E-state index is 0.0883. The predicted molar refractivity (Wildman–Crippen MR) is 72.9 cm³/mol. The molecule has 0 bridgehead atoms. The van der Waals surface area contributed by atoms with Crippen molar-refractivity contribution in [2.24, 2.45) is 0 Å². The van der Waals surface area contributed by atoms with Gasteiger partial charge in [-0.3, -0.25) is 14.9 Å². The first kappa shape index (κ1) is 14.1. The van der Waals surface area contributed by atoms with Crippen LogP contribution in [0.25, 0.3) is 0 Å². The Hall–Kier alpha value is -2.35. The molecule has 0 spiro atoms. The topological polar surface area (TPSA) is 85.1 Å². The molecular weight excluding hydrogens is 333 g/mol. The molecule has 6 nitrogen and oxygen atoms in total. The minimum Gasteiger partial charge on any atom is -0.307 e. The summed E-state index contributed by atoms with van der Waals surface area (Å²) in [5.41, 5.74) is -0.115. The fraction of sp³-hybridized carbons (Fsp3) is 0. The number of hydrogen-bond acceptors (Lipinski definition) is 4. The molecule has 2 rings (SSSR count). The Labute approximate surface area is 120 Å². The molecule has 1 N–H and O–H groups in total.